The van der Waals surface area contributed by atoms with Crippen LogP contribution in [0.2, 0.25) is 0 Å². The van der Waals surface area contributed by atoms with Gasteiger partial charge in [-0.2, -0.15) is 0 Å². The van der Waals surface area contributed by atoms with Crippen LogP contribution in [0.25, 0.3) is 0 Å². The number of halogens is 1. The molecule has 1 aliphatic heterocycles. The number of nitrogens with zero attached hydrogens (tertiary/aromatic N) is 4. The lowest BCUT2D eigenvalue weighted by Crippen LogP contribution is -2.50. The molecule has 4 rings (SSSR count). The molecule has 0 aliphatic carbocycles. The van der Waals surface area contributed by atoms with Crippen LogP contribution in [0.4, 0.5) is 10.1 Å². The van der Waals surface area contributed by atoms with Crippen molar-refractivity contribution in [2.75, 3.05) is 38.0 Å². The summed E-state index contributed by atoms with van der Waals surface area (Å²) in [6, 6.07) is 15.4. The molecule has 1 fully saturated rings. The molecule has 182 valence electrons. The normalized spacial score (nSPS) is 14.1. The number of carbonyl (C=O) groups excluding carboxylic acids is 2. The van der Waals surface area contributed by atoms with E-state index in [1.54, 1.807) is 12.1 Å². The summed E-state index contributed by atoms with van der Waals surface area (Å²) in [5.41, 5.74) is 3.91. The van der Waals surface area contributed by atoms with Gasteiger partial charge in [-0.25, -0.2) is 14.4 Å². The van der Waals surface area contributed by atoms with Gasteiger partial charge in [-0.3, -0.25) is 14.5 Å². The van der Waals surface area contributed by atoms with Crippen LogP contribution in [0.3, 0.4) is 0 Å². The number of rotatable bonds is 7. The van der Waals surface area contributed by atoms with E-state index < -0.39 is 5.82 Å². The number of amides is 2. The maximum atomic E-state index is 13.3. The first-order valence-corrected chi connectivity index (χ1v) is 12.5. The molecule has 0 radical (unpaired) electrons. The molecule has 2 amide bonds. The number of aromatic nitrogens is 2. The molecule has 1 aromatic heterocycles. The minimum atomic E-state index is -0.393. The number of piperazine rings is 1. The van der Waals surface area contributed by atoms with Crippen LogP contribution in [0.15, 0.2) is 59.8 Å². The molecule has 1 N–H and O–H groups in total. The zero-order valence-corrected chi connectivity index (χ0v) is 20.6. The molecule has 9 heteroatoms. The van der Waals surface area contributed by atoms with Crippen LogP contribution < -0.4 is 5.32 Å². The summed E-state index contributed by atoms with van der Waals surface area (Å²) < 4.78 is 13.3. The van der Waals surface area contributed by atoms with Gasteiger partial charge in [0.1, 0.15) is 5.82 Å². The minimum absolute atomic E-state index is 0.00796. The molecule has 0 saturated carbocycles. The van der Waals surface area contributed by atoms with Crippen LogP contribution in [0.5, 0.6) is 0 Å². The van der Waals surface area contributed by atoms with E-state index in [1.807, 2.05) is 54.0 Å². The highest BCUT2D eigenvalue weighted by molar-refractivity contribution is 7.98. The van der Waals surface area contributed by atoms with Crippen LogP contribution in [0.1, 0.15) is 27.3 Å². The molecule has 1 aliphatic rings. The summed E-state index contributed by atoms with van der Waals surface area (Å²) in [6.45, 7) is 6.34. The largest absolute Gasteiger partial charge is 0.336 e. The third kappa shape index (κ3) is 6.86. The Morgan fingerprint density at radius 2 is 1.69 bits per heavy atom. The van der Waals surface area contributed by atoms with Crippen molar-refractivity contribution >= 4 is 29.3 Å². The number of nitrogens with one attached hydrogen (secondary N) is 1. The highest BCUT2D eigenvalue weighted by Crippen LogP contribution is 2.23. The molecule has 2 heterocycles. The monoisotopic (exact) mass is 493 g/mol. The second-order valence-corrected chi connectivity index (χ2v) is 9.45. The Hall–Kier alpha value is -3.30. The number of aryl methyl sites for hydroxylation is 2. The van der Waals surface area contributed by atoms with Crippen LogP contribution in [-0.2, 0) is 10.5 Å². The average molecular weight is 494 g/mol. The van der Waals surface area contributed by atoms with Gasteiger partial charge in [-0.05, 0) is 49.7 Å². The second-order valence-electron chi connectivity index (χ2n) is 8.51. The van der Waals surface area contributed by atoms with Gasteiger partial charge in [0.25, 0.3) is 5.91 Å². The lowest BCUT2D eigenvalue weighted by molar-refractivity contribution is -0.117. The van der Waals surface area contributed by atoms with Gasteiger partial charge >= 0.3 is 0 Å². The highest BCUT2D eigenvalue weighted by atomic mass is 32.2. The summed E-state index contributed by atoms with van der Waals surface area (Å²) in [6.07, 6.45) is 0. The van der Waals surface area contributed by atoms with E-state index >= 15 is 0 Å². The summed E-state index contributed by atoms with van der Waals surface area (Å²) >= 11 is 1.52. The Morgan fingerprint density at radius 1 is 0.971 bits per heavy atom. The third-order valence-electron chi connectivity index (χ3n) is 5.70. The maximum Gasteiger partial charge on any atom is 0.254 e. The molecule has 3 aromatic rings. The third-order valence-corrected chi connectivity index (χ3v) is 6.60. The van der Waals surface area contributed by atoms with Crippen molar-refractivity contribution < 1.29 is 14.0 Å². The van der Waals surface area contributed by atoms with Crippen LogP contribution in [-0.4, -0.2) is 64.3 Å². The van der Waals surface area contributed by atoms with Crippen molar-refractivity contribution in [3.8, 4) is 0 Å². The van der Waals surface area contributed by atoms with Crippen molar-refractivity contribution in [3.05, 3.63) is 82.9 Å². The van der Waals surface area contributed by atoms with Crippen molar-refractivity contribution in [3.63, 3.8) is 0 Å². The van der Waals surface area contributed by atoms with E-state index in [1.165, 1.54) is 23.9 Å². The van der Waals surface area contributed by atoms with E-state index in [4.69, 9.17) is 0 Å². The van der Waals surface area contributed by atoms with Crippen molar-refractivity contribution in [1.82, 2.24) is 19.8 Å². The molecule has 0 unspecified atom stereocenters. The predicted octanol–water partition coefficient (Wildman–Crippen LogP) is 3.92. The van der Waals surface area contributed by atoms with Gasteiger partial charge in [0.15, 0.2) is 5.16 Å². The highest BCUT2D eigenvalue weighted by Gasteiger charge is 2.24. The van der Waals surface area contributed by atoms with Gasteiger partial charge in [0.05, 0.1) is 6.54 Å². The van der Waals surface area contributed by atoms with Crippen molar-refractivity contribution in [2.45, 2.75) is 24.8 Å². The second kappa shape index (κ2) is 11.4. The zero-order valence-electron chi connectivity index (χ0n) is 19.8. The van der Waals surface area contributed by atoms with Crippen molar-refractivity contribution in [1.29, 1.82) is 0 Å². The Morgan fingerprint density at radius 3 is 2.40 bits per heavy atom. The summed E-state index contributed by atoms with van der Waals surface area (Å²) in [4.78, 5) is 38.4. The Kier molecular flexibility index (Phi) is 8.09. The molecule has 0 spiro atoms. The standard InChI is InChI=1S/C26H28FN5O2S/c1-18-14-19(2)29-26(28-18)35-17-20-6-3-4-9-23(20)25(34)32-12-10-31(11-13-32)16-24(33)30-22-8-5-7-21(27)15-22/h3-9,14-15H,10-13,16-17H2,1-2H3,(H,30,33). The fraction of sp³-hybridized carbons (Fsp3) is 0.308. The lowest BCUT2D eigenvalue weighted by Gasteiger charge is -2.34. The molecule has 7 nitrogen and oxygen atoms in total. The van der Waals surface area contributed by atoms with E-state index in [0.29, 0.717) is 48.3 Å². The van der Waals surface area contributed by atoms with Crippen molar-refractivity contribution in [2.24, 2.45) is 0 Å². The van der Waals surface area contributed by atoms with Gasteiger partial charge in [0.2, 0.25) is 5.91 Å². The first-order valence-electron chi connectivity index (χ1n) is 11.5. The SMILES string of the molecule is Cc1cc(C)nc(SCc2ccccc2C(=O)N2CCN(CC(=O)Nc3cccc(F)c3)CC2)n1. The average Bonchev–Trinajstić information content (AvgIpc) is 2.82. The molecule has 35 heavy (non-hydrogen) atoms. The maximum absolute atomic E-state index is 13.3. The molecule has 2 aromatic carbocycles. The summed E-state index contributed by atoms with van der Waals surface area (Å²) in [5, 5.41) is 3.42. The Labute approximate surface area is 208 Å². The van der Waals surface area contributed by atoms with Gasteiger partial charge in [-0.1, -0.05) is 36.0 Å². The minimum Gasteiger partial charge on any atom is -0.336 e. The summed E-state index contributed by atoms with van der Waals surface area (Å²) in [5.74, 6) is -0.00160. The number of anilines is 1. The quantitative estimate of drug-likeness (QED) is 0.397. The molecule has 1 saturated heterocycles. The smallest absolute Gasteiger partial charge is 0.254 e. The lowest BCUT2D eigenvalue weighted by atomic mass is 10.1. The fourth-order valence-electron chi connectivity index (χ4n) is 4.00. The molecule has 0 bridgehead atoms. The number of thioether (sulfide) groups is 1. The van der Waals surface area contributed by atoms with Gasteiger partial charge < -0.3 is 10.2 Å². The number of carbonyl (C=O) groups is 2. The summed E-state index contributed by atoms with van der Waals surface area (Å²) in [7, 11) is 0. The first kappa shape index (κ1) is 24.8. The van der Waals surface area contributed by atoms with Gasteiger partial charge in [-0.15, -0.1) is 0 Å². The fourth-order valence-corrected chi connectivity index (χ4v) is 4.96. The topological polar surface area (TPSA) is 78.4 Å². The number of benzene rings is 2. The van der Waals surface area contributed by atoms with Crippen LogP contribution in [0, 0.1) is 19.7 Å². The van der Waals surface area contributed by atoms with E-state index in [-0.39, 0.29) is 18.4 Å². The number of hydrogen-bond donors (Lipinski definition) is 1. The van der Waals surface area contributed by atoms with E-state index in [2.05, 4.69) is 15.3 Å². The molecule has 0 atom stereocenters. The number of hydrogen-bond acceptors (Lipinski definition) is 6. The van der Waals surface area contributed by atoms with E-state index in [0.717, 1.165) is 17.0 Å². The Bertz CT molecular complexity index is 1190. The van der Waals surface area contributed by atoms with Gasteiger partial charge in [0, 0.05) is 54.6 Å². The molecular weight excluding hydrogens is 465 g/mol. The predicted molar refractivity (Wildman–Crippen MR) is 135 cm³/mol. The first-order chi connectivity index (χ1) is 16.9. The zero-order chi connectivity index (χ0) is 24.8. The molecular formula is C26H28FN5O2S. The van der Waals surface area contributed by atoms with Crippen LogP contribution >= 0.6 is 11.8 Å². The van der Waals surface area contributed by atoms with E-state index in [9.17, 15) is 14.0 Å². The Balaban J connectivity index is 1.31.